The van der Waals surface area contributed by atoms with E-state index >= 15 is 0 Å². The summed E-state index contributed by atoms with van der Waals surface area (Å²) in [4.78, 5) is 19.1. The second-order valence-corrected chi connectivity index (χ2v) is 6.78. The summed E-state index contributed by atoms with van der Waals surface area (Å²) in [7, 11) is 1.66. The molecule has 0 radical (unpaired) electrons. The van der Waals surface area contributed by atoms with Gasteiger partial charge in [-0.3, -0.25) is 9.78 Å². The Morgan fingerprint density at radius 1 is 1.14 bits per heavy atom. The lowest BCUT2D eigenvalue weighted by Gasteiger charge is -2.19. The van der Waals surface area contributed by atoms with Crippen molar-refractivity contribution >= 4 is 17.3 Å². The predicted octanol–water partition coefficient (Wildman–Crippen LogP) is 3.76. The van der Waals surface area contributed by atoms with Crippen LogP contribution in [0.25, 0.3) is 0 Å². The lowest BCUT2D eigenvalue weighted by atomic mass is 10.1. The molecule has 1 amide bonds. The largest absolute Gasteiger partial charge is 0.496 e. The smallest absolute Gasteiger partial charge is 0.252 e. The van der Waals surface area contributed by atoms with Crippen LogP contribution in [0, 0.1) is 0 Å². The summed E-state index contributed by atoms with van der Waals surface area (Å²) in [6.07, 6.45) is 5.14. The number of para-hydroxylation sites is 2. The number of anilines is 2. The molecule has 1 aliphatic heterocycles. The van der Waals surface area contributed by atoms with Crippen LogP contribution in [0.5, 0.6) is 5.75 Å². The molecule has 0 atom stereocenters. The van der Waals surface area contributed by atoms with Gasteiger partial charge < -0.3 is 15.0 Å². The molecular weight excluding hydrogens is 350 g/mol. The Kier molecular flexibility index (Phi) is 5.24. The molecule has 0 spiro atoms. The van der Waals surface area contributed by atoms with Gasteiger partial charge in [0.15, 0.2) is 0 Å². The number of fused-ring (bicyclic) bond motifs is 1. The number of nitrogens with one attached hydrogen (secondary N) is 1. The van der Waals surface area contributed by atoms with E-state index in [1.807, 2.05) is 42.6 Å². The third kappa shape index (κ3) is 3.69. The maximum absolute atomic E-state index is 12.6. The highest BCUT2D eigenvalue weighted by Crippen LogP contribution is 2.34. The van der Waals surface area contributed by atoms with Crippen molar-refractivity contribution in [1.29, 1.82) is 0 Å². The van der Waals surface area contributed by atoms with Gasteiger partial charge >= 0.3 is 0 Å². The molecule has 1 aliphatic rings. The fourth-order valence-corrected chi connectivity index (χ4v) is 3.63. The number of rotatable bonds is 6. The summed E-state index contributed by atoms with van der Waals surface area (Å²) in [6.45, 7) is 1.44. The first-order valence-corrected chi connectivity index (χ1v) is 9.47. The highest BCUT2D eigenvalue weighted by molar-refractivity contribution is 5.95. The minimum Gasteiger partial charge on any atom is -0.496 e. The number of carbonyl (C=O) groups excluding carboxylic acids is 1. The van der Waals surface area contributed by atoms with Gasteiger partial charge in [-0.05, 0) is 42.2 Å². The van der Waals surface area contributed by atoms with Crippen molar-refractivity contribution in [2.45, 2.75) is 12.8 Å². The highest BCUT2D eigenvalue weighted by atomic mass is 16.5. The van der Waals surface area contributed by atoms with Gasteiger partial charge in [0.05, 0.1) is 24.6 Å². The second kappa shape index (κ2) is 8.13. The summed E-state index contributed by atoms with van der Waals surface area (Å²) in [5.74, 6) is 0.727. The number of hydrogen-bond acceptors (Lipinski definition) is 4. The molecule has 0 fully saturated rings. The standard InChI is InChI=1S/C23H23N3O2/c1-28-22-9-5-3-7-18(22)10-12-25-23(27)19-14-20(16-24-15-19)26-13-11-17-6-2-4-8-21(17)26/h2-9,14-16H,10-13H2,1H3,(H,25,27). The maximum Gasteiger partial charge on any atom is 0.252 e. The van der Waals surface area contributed by atoms with Gasteiger partial charge in [0.2, 0.25) is 0 Å². The number of carbonyl (C=O) groups is 1. The van der Waals surface area contributed by atoms with Crippen LogP contribution < -0.4 is 15.0 Å². The number of aromatic nitrogens is 1. The van der Waals surface area contributed by atoms with Crippen LogP contribution in [0.3, 0.4) is 0 Å². The van der Waals surface area contributed by atoms with E-state index < -0.39 is 0 Å². The van der Waals surface area contributed by atoms with Crippen molar-refractivity contribution in [3.8, 4) is 5.75 Å². The topological polar surface area (TPSA) is 54.5 Å². The van der Waals surface area contributed by atoms with Gasteiger partial charge in [-0.2, -0.15) is 0 Å². The summed E-state index contributed by atoms with van der Waals surface area (Å²) >= 11 is 0. The van der Waals surface area contributed by atoms with Gasteiger partial charge in [-0.1, -0.05) is 36.4 Å². The Morgan fingerprint density at radius 2 is 1.96 bits per heavy atom. The molecule has 2 aromatic carbocycles. The van der Waals surface area contributed by atoms with Crippen molar-refractivity contribution < 1.29 is 9.53 Å². The lowest BCUT2D eigenvalue weighted by Crippen LogP contribution is -2.26. The molecule has 4 rings (SSSR count). The number of nitrogens with zero attached hydrogens (tertiary/aromatic N) is 2. The van der Waals surface area contributed by atoms with E-state index in [0.29, 0.717) is 18.5 Å². The Hall–Kier alpha value is -3.34. The Morgan fingerprint density at radius 3 is 2.86 bits per heavy atom. The third-order valence-electron chi connectivity index (χ3n) is 5.06. The number of benzene rings is 2. The number of hydrogen-bond donors (Lipinski definition) is 1. The summed E-state index contributed by atoms with van der Waals surface area (Å²) in [6, 6.07) is 18.1. The fourth-order valence-electron chi connectivity index (χ4n) is 3.63. The highest BCUT2D eigenvalue weighted by Gasteiger charge is 2.20. The van der Waals surface area contributed by atoms with E-state index in [9.17, 15) is 4.79 Å². The van der Waals surface area contributed by atoms with Crippen LogP contribution in [-0.2, 0) is 12.8 Å². The Balaban J connectivity index is 1.42. The number of pyridine rings is 1. The van der Waals surface area contributed by atoms with E-state index in [1.54, 1.807) is 13.3 Å². The van der Waals surface area contributed by atoms with Crippen LogP contribution in [0.2, 0.25) is 0 Å². The van der Waals surface area contributed by atoms with Crippen LogP contribution in [0.4, 0.5) is 11.4 Å². The third-order valence-corrected chi connectivity index (χ3v) is 5.06. The van der Waals surface area contributed by atoms with E-state index in [-0.39, 0.29) is 5.91 Å². The zero-order valence-electron chi connectivity index (χ0n) is 15.9. The van der Waals surface area contributed by atoms with Crippen LogP contribution in [-0.4, -0.2) is 31.1 Å². The van der Waals surface area contributed by atoms with Crippen molar-refractivity contribution in [3.05, 3.63) is 83.7 Å². The average molecular weight is 373 g/mol. The molecule has 1 aromatic heterocycles. The van der Waals surface area contributed by atoms with E-state index in [2.05, 4.69) is 33.4 Å². The van der Waals surface area contributed by atoms with Gasteiger partial charge in [0.1, 0.15) is 5.75 Å². The minimum absolute atomic E-state index is 0.114. The Bertz CT molecular complexity index is 987. The van der Waals surface area contributed by atoms with E-state index in [0.717, 1.165) is 30.0 Å². The number of amides is 1. The first-order valence-electron chi connectivity index (χ1n) is 9.47. The normalized spacial score (nSPS) is 12.5. The SMILES string of the molecule is COc1ccccc1CCNC(=O)c1cncc(N2CCc3ccccc32)c1. The van der Waals surface area contributed by atoms with Crippen molar-refractivity contribution in [1.82, 2.24) is 10.3 Å². The van der Waals surface area contributed by atoms with Gasteiger partial charge in [0, 0.05) is 25.0 Å². The zero-order chi connectivity index (χ0) is 19.3. The van der Waals surface area contributed by atoms with Crippen molar-refractivity contribution in [3.63, 3.8) is 0 Å². The molecule has 0 saturated carbocycles. The first kappa shape index (κ1) is 18.0. The molecule has 3 aromatic rings. The molecule has 5 heteroatoms. The summed E-state index contributed by atoms with van der Waals surface area (Å²) < 4.78 is 5.36. The molecule has 142 valence electrons. The number of methoxy groups -OCH3 is 1. The lowest BCUT2D eigenvalue weighted by molar-refractivity contribution is 0.0953. The average Bonchev–Trinajstić information content (AvgIpc) is 3.18. The molecule has 1 N–H and O–H groups in total. The molecule has 0 saturated heterocycles. The first-order chi connectivity index (χ1) is 13.8. The second-order valence-electron chi connectivity index (χ2n) is 6.78. The Labute approximate surface area is 165 Å². The molecule has 5 nitrogen and oxygen atoms in total. The molecule has 2 heterocycles. The monoisotopic (exact) mass is 373 g/mol. The fraction of sp³-hybridized carbons (Fsp3) is 0.217. The predicted molar refractivity (Wildman–Crippen MR) is 110 cm³/mol. The van der Waals surface area contributed by atoms with Crippen molar-refractivity contribution in [2.24, 2.45) is 0 Å². The molecular formula is C23H23N3O2. The maximum atomic E-state index is 12.6. The van der Waals surface area contributed by atoms with Crippen LogP contribution in [0.15, 0.2) is 67.0 Å². The zero-order valence-corrected chi connectivity index (χ0v) is 15.9. The quantitative estimate of drug-likeness (QED) is 0.715. The van der Waals surface area contributed by atoms with Gasteiger partial charge in [0.25, 0.3) is 5.91 Å². The minimum atomic E-state index is -0.114. The summed E-state index contributed by atoms with van der Waals surface area (Å²) in [5, 5.41) is 2.98. The summed E-state index contributed by atoms with van der Waals surface area (Å²) in [5.41, 5.74) is 5.11. The van der Waals surface area contributed by atoms with E-state index in [1.165, 1.54) is 11.3 Å². The van der Waals surface area contributed by atoms with E-state index in [4.69, 9.17) is 4.74 Å². The van der Waals surface area contributed by atoms with Crippen LogP contribution >= 0.6 is 0 Å². The van der Waals surface area contributed by atoms with Gasteiger partial charge in [-0.15, -0.1) is 0 Å². The molecule has 0 unspecified atom stereocenters. The molecule has 0 aliphatic carbocycles. The molecule has 28 heavy (non-hydrogen) atoms. The van der Waals surface area contributed by atoms with Gasteiger partial charge in [-0.25, -0.2) is 0 Å². The number of ether oxygens (including phenoxy) is 1. The van der Waals surface area contributed by atoms with Crippen LogP contribution in [0.1, 0.15) is 21.5 Å². The van der Waals surface area contributed by atoms with Crippen molar-refractivity contribution in [2.75, 3.05) is 25.1 Å². The molecule has 0 bridgehead atoms.